The van der Waals surface area contributed by atoms with E-state index in [1.54, 1.807) is 10.7 Å². The average Bonchev–Trinajstić information content (AvgIpc) is 3.36. The summed E-state index contributed by atoms with van der Waals surface area (Å²) in [6.07, 6.45) is 8.85. The average molecular weight is 610 g/mol. The van der Waals surface area contributed by atoms with Crippen LogP contribution >= 0.6 is 0 Å². The molecule has 2 N–H and O–H groups in total. The van der Waals surface area contributed by atoms with Crippen molar-refractivity contribution >= 4 is 17.4 Å². The second kappa shape index (κ2) is 10.3. The first-order chi connectivity index (χ1) is 22.0. The minimum Gasteiger partial charge on any atom is -0.491 e. The molecule has 12 nitrogen and oxygen atoms in total. The highest BCUT2D eigenvalue weighted by molar-refractivity contribution is 5.85. The first-order valence-electron chi connectivity index (χ1n) is 16.4. The van der Waals surface area contributed by atoms with Crippen molar-refractivity contribution in [1.29, 1.82) is 5.26 Å². The fourth-order valence-corrected chi connectivity index (χ4v) is 8.58. The quantitative estimate of drug-likeness (QED) is 0.447. The van der Waals surface area contributed by atoms with E-state index in [0.29, 0.717) is 35.2 Å². The van der Waals surface area contributed by atoms with Crippen LogP contribution in [-0.2, 0) is 4.74 Å². The Morgan fingerprint density at radius 1 is 1.11 bits per heavy atom. The van der Waals surface area contributed by atoms with Gasteiger partial charge in [-0.2, -0.15) is 10.4 Å². The van der Waals surface area contributed by atoms with E-state index in [0.717, 1.165) is 87.9 Å². The number of fused-ring (bicyclic) bond motifs is 4. The molecule has 3 aromatic rings. The smallest absolute Gasteiger partial charge is 0.320 e. The predicted octanol–water partition coefficient (Wildman–Crippen LogP) is 2.03. The summed E-state index contributed by atoms with van der Waals surface area (Å²) in [6.45, 7) is 8.17. The van der Waals surface area contributed by atoms with Gasteiger partial charge in [-0.3, -0.25) is 4.90 Å². The summed E-state index contributed by atoms with van der Waals surface area (Å²) < 4.78 is 13.6. The van der Waals surface area contributed by atoms with Gasteiger partial charge in [-0.05, 0) is 42.9 Å². The molecule has 7 fully saturated rings. The lowest BCUT2D eigenvalue weighted by Gasteiger charge is -2.57. The molecule has 2 bridgehead atoms. The van der Waals surface area contributed by atoms with Crippen LogP contribution in [0.2, 0.25) is 0 Å². The Hall–Kier alpha value is -3.92. The summed E-state index contributed by atoms with van der Waals surface area (Å²) in [7, 11) is 0. The van der Waals surface area contributed by atoms with Crippen LogP contribution in [0.4, 0.5) is 10.6 Å². The zero-order valence-corrected chi connectivity index (χ0v) is 25.4. The Bertz CT molecular complexity index is 1660. The lowest BCUT2D eigenvalue weighted by atomic mass is 9.87. The molecule has 1 spiro atoms. The van der Waals surface area contributed by atoms with Crippen molar-refractivity contribution in [2.75, 3.05) is 70.5 Å². The second-order valence-electron chi connectivity index (χ2n) is 14.1. The third-order valence-electron chi connectivity index (χ3n) is 11.4. The van der Waals surface area contributed by atoms with Gasteiger partial charge in [0.15, 0.2) is 0 Å². The maximum Gasteiger partial charge on any atom is 0.320 e. The predicted molar refractivity (Wildman–Crippen MR) is 166 cm³/mol. The maximum absolute atomic E-state index is 13.4. The number of nitrogens with zero attached hydrogens (tertiary/aromatic N) is 8. The van der Waals surface area contributed by atoms with Crippen molar-refractivity contribution in [2.24, 2.45) is 23.0 Å². The first kappa shape index (κ1) is 27.4. The second-order valence-corrected chi connectivity index (χ2v) is 14.1. The highest BCUT2D eigenvalue weighted by Crippen LogP contribution is 2.51. The van der Waals surface area contributed by atoms with Gasteiger partial charge in [0.2, 0.25) is 0 Å². The number of pyridine rings is 2. The van der Waals surface area contributed by atoms with Crippen molar-refractivity contribution in [3.63, 3.8) is 0 Å². The number of rotatable bonds is 6. The molecular weight excluding hydrogens is 570 g/mol. The van der Waals surface area contributed by atoms with Gasteiger partial charge in [-0.25, -0.2) is 14.3 Å². The number of nitrogens with two attached hydrogens (primary N) is 1. The van der Waals surface area contributed by atoms with Gasteiger partial charge in [0, 0.05) is 81.0 Å². The molecule has 234 valence electrons. The van der Waals surface area contributed by atoms with E-state index in [4.69, 9.17) is 20.2 Å². The van der Waals surface area contributed by atoms with Gasteiger partial charge in [0.1, 0.15) is 24.2 Å². The van der Waals surface area contributed by atoms with E-state index in [2.05, 4.69) is 36.8 Å². The van der Waals surface area contributed by atoms with E-state index in [-0.39, 0.29) is 24.2 Å². The molecule has 2 amide bonds. The Kier molecular flexibility index (Phi) is 6.27. The van der Waals surface area contributed by atoms with Crippen LogP contribution in [0.1, 0.15) is 24.8 Å². The molecule has 1 saturated carbocycles. The summed E-state index contributed by atoms with van der Waals surface area (Å²) >= 11 is 0. The van der Waals surface area contributed by atoms with Crippen LogP contribution in [-0.4, -0.2) is 119 Å². The van der Waals surface area contributed by atoms with Gasteiger partial charge in [0.05, 0.1) is 48.8 Å². The van der Waals surface area contributed by atoms with Crippen LogP contribution in [0.15, 0.2) is 36.8 Å². The fraction of sp³-hybridized carbons (Fsp3) is 0.576. The van der Waals surface area contributed by atoms with Crippen molar-refractivity contribution in [3.8, 4) is 22.9 Å². The Morgan fingerprint density at radius 2 is 1.91 bits per heavy atom. The number of aromatic nitrogens is 3. The molecular formula is C33H39N9O3. The summed E-state index contributed by atoms with van der Waals surface area (Å²) in [5, 5.41) is 14.2. The summed E-state index contributed by atoms with van der Waals surface area (Å²) in [5.74, 6) is 2.61. The van der Waals surface area contributed by atoms with E-state index >= 15 is 0 Å². The maximum atomic E-state index is 13.4. The number of hydrogen-bond donors (Lipinski definition) is 1. The molecule has 45 heavy (non-hydrogen) atoms. The lowest BCUT2D eigenvalue weighted by Crippen LogP contribution is -2.72. The summed E-state index contributed by atoms with van der Waals surface area (Å²) in [5.41, 5.74) is 9.74. The number of piperidine rings is 1. The van der Waals surface area contributed by atoms with Crippen LogP contribution < -0.4 is 15.4 Å². The largest absolute Gasteiger partial charge is 0.491 e. The van der Waals surface area contributed by atoms with E-state index in [1.807, 2.05) is 24.5 Å². The summed E-state index contributed by atoms with van der Waals surface area (Å²) in [6, 6.07) is 9.29. The number of urea groups is 1. The van der Waals surface area contributed by atoms with E-state index in [9.17, 15) is 10.1 Å². The summed E-state index contributed by atoms with van der Waals surface area (Å²) in [4.78, 5) is 27.1. The molecule has 5 unspecified atom stereocenters. The lowest BCUT2D eigenvalue weighted by molar-refractivity contribution is 0.0191. The molecule has 12 heteroatoms. The Balaban J connectivity index is 0.884. The zero-order valence-electron chi connectivity index (χ0n) is 25.4. The minimum atomic E-state index is 0.199. The number of carbonyl (C=O) groups excluding carboxylic acids is 1. The number of ether oxygens (including phenoxy) is 2. The van der Waals surface area contributed by atoms with Crippen LogP contribution in [0, 0.1) is 28.6 Å². The van der Waals surface area contributed by atoms with Gasteiger partial charge in [-0.1, -0.05) is 0 Å². The number of amides is 2. The van der Waals surface area contributed by atoms with E-state index in [1.165, 1.54) is 12.8 Å². The number of nitriles is 1. The Labute approximate surface area is 262 Å². The topological polar surface area (TPSA) is 128 Å². The molecule has 6 saturated heterocycles. The molecule has 0 aromatic carbocycles. The zero-order chi connectivity index (χ0) is 30.3. The molecule has 9 heterocycles. The number of anilines is 1. The standard InChI is InChI=1S/C33H39N9O3/c34-9-22-11-37-41-16-27(45-6-5-38-17-29(35)33(20-38)3-4-33)8-28(31(22)41)21-1-2-30(36-10-21)39-14-25-7-26(15-39)42(25)32(43)40-12-23-18-44-19-24(23)13-40/h1-2,8,10-11,16,23-26,29H,3-7,12-15,17-20,35H2. The van der Waals surface area contributed by atoms with Crippen molar-refractivity contribution in [3.05, 3.63) is 42.4 Å². The molecule has 5 atom stereocenters. The van der Waals surface area contributed by atoms with E-state index < -0.39 is 0 Å². The highest BCUT2D eigenvalue weighted by Gasteiger charge is 2.53. The molecule has 7 aliphatic rings. The number of carbonyl (C=O) groups is 1. The van der Waals surface area contributed by atoms with Crippen LogP contribution in [0.3, 0.4) is 0 Å². The number of likely N-dealkylation sites (tertiary alicyclic amines) is 2. The molecule has 3 aromatic heterocycles. The number of piperazine rings is 1. The highest BCUT2D eigenvalue weighted by atomic mass is 16.5. The van der Waals surface area contributed by atoms with Gasteiger partial charge in [-0.15, -0.1) is 0 Å². The van der Waals surface area contributed by atoms with Gasteiger partial charge in [0.25, 0.3) is 0 Å². The van der Waals surface area contributed by atoms with Crippen molar-refractivity contribution < 1.29 is 14.3 Å². The molecule has 6 aliphatic heterocycles. The third kappa shape index (κ3) is 4.55. The fourth-order valence-electron chi connectivity index (χ4n) is 8.58. The van der Waals surface area contributed by atoms with Crippen LogP contribution in [0.5, 0.6) is 5.75 Å². The SMILES string of the molecule is N#Cc1cnn2cc(OCCN3CC(N)C4(CC4)C3)cc(-c3ccc(N4CC5CC(C4)N5C(=O)N4CC5COCC5C4)nc3)c12. The number of hydrogen-bond acceptors (Lipinski definition) is 9. The van der Waals surface area contributed by atoms with Crippen molar-refractivity contribution in [1.82, 2.24) is 29.3 Å². The Morgan fingerprint density at radius 3 is 2.60 bits per heavy atom. The third-order valence-corrected chi connectivity index (χ3v) is 11.4. The molecule has 0 radical (unpaired) electrons. The normalized spacial score (nSPS) is 29.7. The van der Waals surface area contributed by atoms with Crippen LogP contribution in [0.25, 0.3) is 16.6 Å². The monoisotopic (exact) mass is 609 g/mol. The first-order valence-corrected chi connectivity index (χ1v) is 16.4. The molecule has 10 rings (SSSR count). The van der Waals surface area contributed by atoms with Gasteiger partial charge >= 0.3 is 6.03 Å². The van der Waals surface area contributed by atoms with Gasteiger partial charge < -0.3 is 29.9 Å². The molecule has 1 aliphatic carbocycles. The minimum absolute atomic E-state index is 0.199. The van der Waals surface area contributed by atoms with Crippen molar-refractivity contribution in [2.45, 2.75) is 37.4 Å².